The van der Waals surface area contributed by atoms with Gasteiger partial charge in [-0.25, -0.2) is 8.42 Å². The Bertz CT molecular complexity index is 875. The minimum atomic E-state index is -3.49. The van der Waals surface area contributed by atoms with E-state index in [-0.39, 0.29) is 6.04 Å². The van der Waals surface area contributed by atoms with Gasteiger partial charge in [0.1, 0.15) is 17.9 Å². The van der Waals surface area contributed by atoms with E-state index in [1.807, 2.05) is 0 Å². The van der Waals surface area contributed by atoms with Crippen molar-refractivity contribution in [2.75, 3.05) is 13.7 Å². The Hall–Kier alpha value is -1.93. The standard InChI is InChI=1S/C19H26N4O3S/c1-26-17-7-9-18(10-8-17)27(24,25)23-12-2-3-16(23)6-11-19-21-20-14-22(19)13-15-4-5-15/h7-10,14-16H,2-6,11-13H2,1H3. The highest BCUT2D eigenvalue weighted by Gasteiger charge is 2.35. The highest BCUT2D eigenvalue weighted by molar-refractivity contribution is 7.89. The zero-order valence-electron chi connectivity index (χ0n) is 15.6. The summed E-state index contributed by atoms with van der Waals surface area (Å²) in [5, 5.41) is 8.30. The molecule has 1 aliphatic heterocycles. The molecule has 2 aliphatic rings. The highest BCUT2D eigenvalue weighted by Crippen LogP contribution is 2.32. The van der Waals surface area contributed by atoms with Gasteiger partial charge in [-0.2, -0.15) is 4.31 Å². The lowest BCUT2D eigenvalue weighted by molar-refractivity contribution is 0.366. The molecule has 1 saturated carbocycles. The van der Waals surface area contributed by atoms with Gasteiger partial charge in [-0.15, -0.1) is 10.2 Å². The van der Waals surface area contributed by atoms with Crippen LogP contribution in [0, 0.1) is 5.92 Å². The Morgan fingerprint density at radius 1 is 1.19 bits per heavy atom. The minimum absolute atomic E-state index is 0.0168. The maximum atomic E-state index is 13.1. The van der Waals surface area contributed by atoms with Crippen molar-refractivity contribution >= 4 is 10.0 Å². The first-order valence-electron chi connectivity index (χ1n) is 9.60. The fourth-order valence-corrected chi connectivity index (χ4v) is 5.52. The first-order valence-corrected chi connectivity index (χ1v) is 11.0. The predicted molar refractivity (Wildman–Crippen MR) is 101 cm³/mol. The lowest BCUT2D eigenvalue weighted by Gasteiger charge is -2.24. The number of sulfonamides is 1. The maximum Gasteiger partial charge on any atom is 0.243 e. The summed E-state index contributed by atoms with van der Waals surface area (Å²) in [5.41, 5.74) is 0. The molecule has 4 rings (SSSR count). The zero-order valence-corrected chi connectivity index (χ0v) is 16.4. The summed E-state index contributed by atoms with van der Waals surface area (Å²) in [4.78, 5) is 0.326. The number of ether oxygens (including phenoxy) is 1. The Morgan fingerprint density at radius 2 is 1.96 bits per heavy atom. The smallest absolute Gasteiger partial charge is 0.243 e. The van der Waals surface area contributed by atoms with E-state index in [1.165, 1.54) is 12.8 Å². The number of benzene rings is 1. The normalized spacial score (nSPS) is 20.9. The average Bonchev–Trinajstić information content (AvgIpc) is 3.17. The van der Waals surface area contributed by atoms with Crippen LogP contribution >= 0.6 is 0 Å². The van der Waals surface area contributed by atoms with Gasteiger partial charge in [-0.1, -0.05) is 0 Å². The first-order chi connectivity index (χ1) is 13.1. The summed E-state index contributed by atoms with van der Waals surface area (Å²) >= 11 is 0. The van der Waals surface area contributed by atoms with Crippen LogP contribution in [0.5, 0.6) is 5.75 Å². The van der Waals surface area contributed by atoms with Crippen molar-refractivity contribution in [1.82, 2.24) is 19.1 Å². The van der Waals surface area contributed by atoms with E-state index in [2.05, 4.69) is 14.8 Å². The van der Waals surface area contributed by atoms with E-state index in [1.54, 1.807) is 42.0 Å². The lowest BCUT2D eigenvalue weighted by Crippen LogP contribution is -2.36. The number of aryl methyl sites for hydroxylation is 1. The van der Waals surface area contributed by atoms with Gasteiger partial charge < -0.3 is 9.30 Å². The van der Waals surface area contributed by atoms with Crippen molar-refractivity contribution in [3.05, 3.63) is 36.4 Å². The molecule has 2 heterocycles. The van der Waals surface area contributed by atoms with Crippen LogP contribution in [0.1, 0.15) is 37.9 Å². The van der Waals surface area contributed by atoms with Crippen LogP contribution in [0.4, 0.5) is 0 Å². The molecule has 0 spiro atoms. The van der Waals surface area contributed by atoms with E-state index in [0.29, 0.717) is 17.2 Å². The number of aromatic nitrogens is 3. The first kappa shape index (κ1) is 18.4. The van der Waals surface area contributed by atoms with Crippen LogP contribution in [0.2, 0.25) is 0 Å². The maximum absolute atomic E-state index is 13.1. The van der Waals surface area contributed by atoms with Gasteiger partial charge in [-0.05, 0) is 62.3 Å². The monoisotopic (exact) mass is 390 g/mol. The number of rotatable bonds is 8. The number of methoxy groups -OCH3 is 1. The fourth-order valence-electron chi connectivity index (χ4n) is 3.80. The molecule has 0 radical (unpaired) electrons. The van der Waals surface area contributed by atoms with E-state index in [0.717, 1.165) is 44.0 Å². The van der Waals surface area contributed by atoms with Gasteiger partial charge >= 0.3 is 0 Å². The second kappa shape index (κ2) is 7.59. The van der Waals surface area contributed by atoms with Gasteiger partial charge in [0.15, 0.2) is 0 Å². The summed E-state index contributed by atoms with van der Waals surface area (Å²) in [6, 6.07) is 6.64. The molecular weight excluding hydrogens is 364 g/mol. The van der Waals surface area contributed by atoms with E-state index in [4.69, 9.17) is 4.74 Å². The third-order valence-corrected chi connectivity index (χ3v) is 7.50. The SMILES string of the molecule is COc1ccc(S(=O)(=O)N2CCCC2CCc2nncn2CC2CC2)cc1. The summed E-state index contributed by atoms with van der Waals surface area (Å²) in [6.45, 7) is 1.56. The van der Waals surface area contributed by atoms with Crippen LogP contribution in [0.3, 0.4) is 0 Å². The zero-order chi connectivity index (χ0) is 18.9. The molecule has 2 aromatic rings. The van der Waals surface area contributed by atoms with Crippen LogP contribution in [-0.2, 0) is 23.0 Å². The molecule has 1 unspecified atom stereocenters. The molecule has 1 saturated heterocycles. The molecule has 146 valence electrons. The van der Waals surface area contributed by atoms with E-state index < -0.39 is 10.0 Å². The molecule has 27 heavy (non-hydrogen) atoms. The van der Waals surface area contributed by atoms with Crippen LogP contribution in [-0.4, -0.2) is 47.2 Å². The molecule has 0 amide bonds. The second-order valence-electron chi connectivity index (χ2n) is 7.47. The van der Waals surface area contributed by atoms with Crippen LogP contribution in [0.15, 0.2) is 35.5 Å². The van der Waals surface area contributed by atoms with Crippen molar-refractivity contribution in [3.8, 4) is 5.75 Å². The van der Waals surface area contributed by atoms with Gasteiger partial charge in [0, 0.05) is 25.6 Å². The molecule has 2 fully saturated rings. The summed E-state index contributed by atoms with van der Waals surface area (Å²) in [5.74, 6) is 2.38. The fraction of sp³-hybridized carbons (Fsp3) is 0.579. The lowest BCUT2D eigenvalue weighted by atomic mass is 10.1. The molecule has 0 N–H and O–H groups in total. The third-order valence-electron chi connectivity index (χ3n) is 5.54. The van der Waals surface area contributed by atoms with Gasteiger partial charge in [0.2, 0.25) is 10.0 Å². The molecule has 1 atom stereocenters. The highest BCUT2D eigenvalue weighted by atomic mass is 32.2. The Labute approximate surface area is 160 Å². The largest absolute Gasteiger partial charge is 0.497 e. The second-order valence-corrected chi connectivity index (χ2v) is 9.36. The molecule has 7 nitrogen and oxygen atoms in total. The van der Waals surface area contributed by atoms with Gasteiger partial charge in [-0.3, -0.25) is 0 Å². The quantitative estimate of drug-likeness (QED) is 0.692. The van der Waals surface area contributed by atoms with Crippen molar-refractivity contribution in [3.63, 3.8) is 0 Å². The van der Waals surface area contributed by atoms with Crippen molar-refractivity contribution in [2.45, 2.75) is 56.0 Å². The summed E-state index contributed by atoms with van der Waals surface area (Å²) in [6.07, 6.45) is 7.70. The van der Waals surface area contributed by atoms with Crippen molar-refractivity contribution in [2.24, 2.45) is 5.92 Å². The molecule has 1 aromatic carbocycles. The summed E-state index contributed by atoms with van der Waals surface area (Å²) in [7, 11) is -1.92. The average molecular weight is 391 g/mol. The van der Waals surface area contributed by atoms with Crippen molar-refractivity contribution in [1.29, 1.82) is 0 Å². The van der Waals surface area contributed by atoms with E-state index in [9.17, 15) is 8.42 Å². The molecular formula is C19H26N4O3S. The van der Waals surface area contributed by atoms with Gasteiger partial charge in [0.05, 0.1) is 12.0 Å². The van der Waals surface area contributed by atoms with Crippen molar-refractivity contribution < 1.29 is 13.2 Å². The summed E-state index contributed by atoms with van der Waals surface area (Å²) < 4.78 is 35.1. The van der Waals surface area contributed by atoms with Crippen LogP contribution in [0.25, 0.3) is 0 Å². The minimum Gasteiger partial charge on any atom is -0.497 e. The Kier molecular flexibility index (Phi) is 5.19. The molecule has 0 bridgehead atoms. The van der Waals surface area contributed by atoms with Gasteiger partial charge in [0.25, 0.3) is 0 Å². The van der Waals surface area contributed by atoms with Crippen LogP contribution < -0.4 is 4.74 Å². The number of hydrogen-bond donors (Lipinski definition) is 0. The predicted octanol–water partition coefficient (Wildman–Crippen LogP) is 2.48. The molecule has 1 aromatic heterocycles. The molecule has 1 aliphatic carbocycles. The number of nitrogens with zero attached hydrogens (tertiary/aromatic N) is 4. The topological polar surface area (TPSA) is 77.3 Å². The Balaban J connectivity index is 1.44. The third kappa shape index (κ3) is 4.01. The van der Waals surface area contributed by atoms with E-state index >= 15 is 0 Å². The molecule has 8 heteroatoms. The number of hydrogen-bond acceptors (Lipinski definition) is 5. The Morgan fingerprint density at radius 3 is 2.67 bits per heavy atom.